The second kappa shape index (κ2) is 5.79. The number of hydrogen-bond donors (Lipinski definition) is 2. The molecule has 0 spiro atoms. The number of urea groups is 1. The molecule has 2 heterocycles. The Labute approximate surface area is 130 Å². The number of thiazole rings is 1. The van der Waals surface area contributed by atoms with Crippen molar-refractivity contribution >= 4 is 44.2 Å². The molecule has 0 saturated carbocycles. The molecule has 0 radical (unpaired) electrons. The molecule has 2 amide bonds. The molecule has 3 aromatic rings. The zero-order valence-corrected chi connectivity index (χ0v) is 12.4. The summed E-state index contributed by atoms with van der Waals surface area (Å²) in [4.78, 5) is 23.7. The van der Waals surface area contributed by atoms with E-state index in [9.17, 15) is 4.79 Å². The Morgan fingerprint density at radius 3 is 2.86 bits per heavy atom. The summed E-state index contributed by atoms with van der Waals surface area (Å²) in [6.45, 7) is 8.93. The first-order chi connectivity index (χ1) is 10.6. The number of benzene rings is 1. The highest BCUT2D eigenvalue weighted by molar-refractivity contribution is 7.22. The number of fused-ring (bicyclic) bond motifs is 1. The van der Waals surface area contributed by atoms with Crippen molar-refractivity contribution < 1.29 is 4.79 Å². The average molecular weight is 309 g/mol. The molecular formula is C15H11N5OS. The van der Waals surface area contributed by atoms with Crippen LogP contribution in [0.1, 0.15) is 5.56 Å². The lowest BCUT2D eigenvalue weighted by molar-refractivity contribution is 0.262. The average Bonchev–Trinajstić information content (AvgIpc) is 2.90. The fourth-order valence-electron chi connectivity index (χ4n) is 1.82. The number of aryl methyl sites for hydroxylation is 1. The van der Waals surface area contributed by atoms with Gasteiger partial charge >= 0.3 is 6.03 Å². The Morgan fingerprint density at radius 1 is 1.27 bits per heavy atom. The van der Waals surface area contributed by atoms with Crippen LogP contribution in [-0.2, 0) is 0 Å². The number of nitrogens with zero attached hydrogens (tertiary/aromatic N) is 3. The van der Waals surface area contributed by atoms with Crippen molar-refractivity contribution in [1.29, 1.82) is 0 Å². The molecule has 0 aliphatic carbocycles. The molecule has 0 aliphatic heterocycles. The lowest BCUT2D eigenvalue weighted by Crippen LogP contribution is -2.19. The van der Waals surface area contributed by atoms with Gasteiger partial charge in [0.25, 0.3) is 0 Å². The predicted octanol–water partition coefficient (Wildman–Crippen LogP) is 4.19. The number of hydrogen-bond acceptors (Lipinski definition) is 4. The molecule has 1 aromatic carbocycles. The second-order valence-electron chi connectivity index (χ2n) is 4.58. The summed E-state index contributed by atoms with van der Waals surface area (Å²) in [6.07, 6.45) is 1.68. The first-order valence-electron chi connectivity index (χ1n) is 6.43. The van der Waals surface area contributed by atoms with Crippen LogP contribution < -0.4 is 10.6 Å². The van der Waals surface area contributed by atoms with Crippen molar-refractivity contribution in [2.45, 2.75) is 6.92 Å². The molecule has 0 fully saturated rings. The molecule has 6 nitrogen and oxygen atoms in total. The van der Waals surface area contributed by atoms with E-state index >= 15 is 0 Å². The van der Waals surface area contributed by atoms with Gasteiger partial charge in [0.2, 0.25) is 0 Å². The van der Waals surface area contributed by atoms with E-state index in [0.29, 0.717) is 16.6 Å². The minimum absolute atomic E-state index is 0.402. The van der Waals surface area contributed by atoms with Crippen LogP contribution >= 0.6 is 11.3 Å². The van der Waals surface area contributed by atoms with Crippen LogP contribution in [0.5, 0.6) is 0 Å². The summed E-state index contributed by atoms with van der Waals surface area (Å²) >= 11 is 1.32. The van der Waals surface area contributed by atoms with Gasteiger partial charge in [0.05, 0.1) is 12.1 Å². The third kappa shape index (κ3) is 3.02. The lowest BCUT2D eigenvalue weighted by Gasteiger charge is -2.04. The fraction of sp³-hybridized carbons (Fsp3) is 0.0667. The van der Waals surface area contributed by atoms with E-state index in [2.05, 4.69) is 25.4 Å². The molecule has 0 unspecified atom stereocenters. The Bertz CT molecular complexity index is 879. The van der Waals surface area contributed by atoms with E-state index in [0.717, 1.165) is 15.8 Å². The van der Waals surface area contributed by atoms with Crippen LogP contribution in [0.25, 0.3) is 15.1 Å². The topological polar surface area (TPSA) is 71.3 Å². The Balaban J connectivity index is 1.73. The van der Waals surface area contributed by atoms with Gasteiger partial charge in [-0.2, -0.15) is 0 Å². The molecule has 0 atom stereocenters. The standard InChI is InChI=1S/C15H11N5OS/c1-9-3-6-13(17-8-9)19-14(21)20-15-18-11-5-4-10(16-2)7-12(11)22-15/h3-8H,1H3,(H2,17,18,19,20,21). The van der Waals surface area contributed by atoms with Crippen LogP contribution in [0.2, 0.25) is 0 Å². The number of amides is 2. The van der Waals surface area contributed by atoms with Gasteiger partial charge in [-0.1, -0.05) is 23.5 Å². The van der Waals surface area contributed by atoms with Gasteiger partial charge in [0.15, 0.2) is 10.8 Å². The number of anilines is 2. The van der Waals surface area contributed by atoms with E-state index in [-0.39, 0.29) is 0 Å². The molecule has 7 heteroatoms. The third-order valence-electron chi connectivity index (χ3n) is 2.87. The lowest BCUT2D eigenvalue weighted by atomic mass is 10.3. The monoisotopic (exact) mass is 309 g/mol. The Morgan fingerprint density at radius 2 is 2.14 bits per heavy atom. The van der Waals surface area contributed by atoms with E-state index < -0.39 is 6.03 Å². The molecule has 22 heavy (non-hydrogen) atoms. The molecular weight excluding hydrogens is 298 g/mol. The zero-order valence-electron chi connectivity index (χ0n) is 11.6. The third-order valence-corrected chi connectivity index (χ3v) is 3.81. The first kappa shape index (κ1) is 14.0. The maximum absolute atomic E-state index is 11.9. The van der Waals surface area contributed by atoms with Crippen molar-refractivity contribution in [3.05, 3.63) is 53.5 Å². The van der Waals surface area contributed by atoms with E-state index in [1.54, 1.807) is 30.5 Å². The molecule has 0 aliphatic rings. The van der Waals surface area contributed by atoms with Crippen LogP contribution in [0.15, 0.2) is 36.5 Å². The van der Waals surface area contributed by atoms with Gasteiger partial charge in [0, 0.05) is 10.9 Å². The summed E-state index contributed by atoms with van der Waals surface area (Å²) in [5, 5.41) is 5.79. The van der Waals surface area contributed by atoms with Crippen molar-refractivity contribution in [2.75, 3.05) is 10.6 Å². The molecule has 3 rings (SSSR count). The highest BCUT2D eigenvalue weighted by atomic mass is 32.1. The summed E-state index contributed by atoms with van der Waals surface area (Å²) in [7, 11) is 0. The molecule has 2 aromatic heterocycles. The number of rotatable bonds is 2. The van der Waals surface area contributed by atoms with Gasteiger partial charge in [-0.3, -0.25) is 10.6 Å². The van der Waals surface area contributed by atoms with Gasteiger partial charge in [-0.25, -0.2) is 19.6 Å². The quantitative estimate of drug-likeness (QED) is 0.697. The fourth-order valence-corrected chi connectivity index (χ4v) is 2.72. The van der Waals surface area contributed by atoms with Gasteiger partial charge in [-0.05, 0) is 30.7 Å². The molecule has 0 saturated heterocycles. The molecule has 2 N–H and O–H groups in total. The van der Waals surface area contributed by atoms with Crippen LogP contribution in [0.3, 0.4) is 0 Å². The number of pyridine rings is 1. The zero-order chi connectivity index (χ0) is 15.5. The summed E-state index contributed by atoms with van der Waals surface area (Å²) < 4.78 is 0.859. The van der Waals surface area contributed by atoms with Gasteiger partial charge in [0.1, 0.15) is 5.82 Å². The minimum atomic E-state index is -0.402. The number of aromatic nitrogens is 2. The smallest absolute Gasteiger partial charge is 0.292 e. The van der Waals surface area contributed by atoms with E-state index in [1.165, 1.54) is 11.3 Å². The highest BCUT2D eigenvalue weighted by Crippen LogP contribution is 2.29. The minimum Gasteiger partial charge on any atom is -0.292 e. The maximum atomic E-state index is 11.9. The van der Waals surface area contributed by atoms with Gasteiger partial charge < -0.3 is 0 Å². The SMILES string of the molecule is [C-]#[N+]c1ccc2nc(NC(=O)Nc3ccc(C)cn3)sc2c1. The van der Waals surface area contributed by atoms with Crippen molar-refractivity contribution in [1.82, 2.24) is 9.97 Å². The van der Waals surface area contributed by atoms with E-state index in [1.807, 2.05) is 13.0 Å². The van der Waals surface area contributed by atoms with Crippen molar-refractivity contribution in [2.24, 2.45) is 0 Å². The summed E-state index contributed by atoms with van der Waals surface area (Å²) in [5.74, 6) is 0.472. The number of nitrogens with one attached hydrogen (secondary N) is 2. The van der Waals surface area contributed by atoms with Crippen LogP contribution in [0.4, 0.5) is 21.4 Å². The molecule has 0 bridgehead atoms. The summed E-state index contributed by atoms with van der Waals surface area (Å²) in [5.41, 5.74) is 2.32. The molecule has 108 valence electrons. The summed E-state index contributed by atoms with van der Waals surface area (Å²) in [6, 6.07) is 8.42. The maximum Gasteiger partial charge on any atom is 0.326 e. The van der Waals surface area contributed by atoms with Crippen LogP contribution in [-0.4, -0.2) is 16.0 Å². The van der Waals surface area contributed by atoms with Gasteiger partial charge in [-0.15, -0.1) is 0 Å². The largest absolute Gasteiger partial charge is 0.326 e. The first-order valence-corrected chi connectivity index (χ1v) is 7.24. The Hall–Kier alpha value is -2.98. The van der Waals surface area contributed by atoms with E-state index in [4.69, 9.17) is 6.57 Å². The number of carbonyl (C=O) groups is 1. The normalized spacial score (nSPS) is 10.2. The van der Waals surface area contributed by atoms with Crippen LogP contribution in [0, 0.1) is 13.5 Å². The predicted molar refractivity (Wildman–Crippen MR) is 87.5 cm³/mol. The van der Waals surface area contributed by atoms with Crippen molar-refractivity contribution in [3.63, 3.8) is 0 Å². The second-order valence-corrected chi connectivity index (χ2v) is 5.61. The Kier molecular flexibility index (Phi) is 3.68. The number of carbonyl (C=O) groups excluding carboxylic acids is 1. The highest BCUT2D eigenvalue weighted by Gasteiger charge is 2.08. The van der Waals surface area contributed by atoms with Crippen molar-refractivity contribution in [3.8, 4) is 0 Å².